The first-order valence-corrected chi connectivity index (χ1v) is 13.7. The molecular formula is C23H27N6O4S2+. The zero-order chi connectivity index (χ0) is 25.1. The number of hydrogen-bond donors (Lipinski definition) is 1. The third kappa shape index (κ3) is 4.53. The largest absolute Gasteiger partial charge is 0.502 e. The van der Waals surface area contributed by atoms with Gasteiger partial charge in [-0.2, -0.15) is 19.4 Å². The van der Waals surface area contributed by atoms with Crippen molar-refractivity contribution < 1.29 is 22.6 Å². The SMILES string of the molecule is Cc1cc(C[N+]2=C3C=CC(S(=O)(=O)NC4(C)CC4)C=C3C(=O)N(Cc3cnc(C)s3)C2=O)n(C)n1. The first-order valence-electron chi connectivity index (χ1n) is 11.3. The van der Waals surface area contributed by atoms with Crippen molar-refractivity contribution in [2.45, 2.75) is 57.5 Å². The van der Waals surface area contributed by atoms with Gasteiger partial charge in [-0.15, -0.1) is 11.3 Å². The summed E-state index contributed by atoms with van der Waals surface area (Å²) in [6.45, 7) is 5.83. The molecule has 0 bridgehead atoms. The van der Waals surface area contributed by atoms with Crippen LogP contribution >= 0.6 is 11.3 Å². The molecule has 0 saturated heterocycles. The smallest absolute Gasteiger partial charge is 0.268 e. The average Bonchev–Trinajstić information content (AvgIpc) is 3.20. The van der Waals surface area contributed by atoms with E-state index in [9.17, 15) is 18.0 Å². The van der Waals surface area contributed by atoms with Gasteiger partial charge in [-0.05, 0) is 51.8 Å². The van der Waals surface area contributed by atoms with Crippen LogP contribution < -0.4 is 4.72 Å². The van der Waals surface area contributed by atoms with Gasteiger partial charge < -0.3 is 0 Å². The minimum absolute atomic E-state index is 0.0617. The number of aryl methyl sites for hydroxylation is 3. The lowest BCUT2D eigenvalue weighted by atomic mass is 9.99. The third-order valence-corrected chi connectivity index (χ3v) is 9.11. The second-order valence-electron chi connectivity index (χ2n) is 9.50. The van der Waals surface area contributed by atoms with Crippen molar-refractivity contribution in [3.63, 3.8) is 0 Å². The van der Waals surface area contributed by atoms with E-state index in [0.29, 0.717) is 5.71 Å². The molecule has 0 radical (unpaired) electrons. The standard InChI is InChI=1S/C23H27N6O4S2/c1-14-9-16(27(4)25-14)12-28-20-6-5-18(35(32,33)26-23(3)7-8-23)10-19(20)21(30)29(22(28)31)13-17-11-24-15(2)34-17/h5-6,9-11,18,26H,7-8,12-13H2,1-4H3/q+1. The summed E-state index contributed by atoms with van der Waals surface area (Å²) >= 11 is 1.41. The van der Waals surface area contributed by atoms with Crippen molar-refractivity contribution in [1.82, 2.24) is 24.4 Å². The predicted octanol–water partition coefficient (Wildman–Crippen LogP) is 1.95. The average molecular weight is 516 g/mol. The Morgan fingerprint density at radius 1 is 1.29 bits per heavy atom. The molecule has 3 heterocycles. The van der Waals surface area contributed by atoms with Crippen molar-refractivity contribution in [3.8, 4) is 0 Å². The molecule has 0 spiro atoms. The van der Waals surface area contributed by atoms with E-state index in [-0.39, 0.29) is 18.7 Å². The van der Waals surface area contributed by atoms with E-state index in [4.69, 9.17) is 0 Å². The Balaban J connectivity index is 1.56. The molecule has 10 nitrogen and oxygen atoms in total. The van der Waals surface area contributed by atoms with Crippen LogP contribution in [0.5, 0.6) is 0 Å². The summed E-state index contributed by atoms with van der Waals surface area (Å²) in [6.07, 6.45) is 7.76. The summed E-state index contributed by atoms with van der Waals surface area (Å²) in [5.74, 6) is -0.518. The summed E-state index contributed by atoms with van der Waals surface area (Å²) in [7, 11) is -1.95. The topological polar surface area (TPSA) is 117 Å². The normalized spacial score (nSPS) is 21.4. The number of sulfonamides is 1. The molecule has 1 N–H and O–H groups in total. The summed E-state index contributed by atoms with van der Waals surface area (Å²) in [5, 5.41) is 4.18. The number of carbonyl (C=O) groups is 2. The summed E-state index contributed by atoms with van der Waals surface area (Å²) in [5.41, 5.74) is 1.76. The van der Waals surface area contributed by atoms with E-state index < -0.39 is 32.8 Å². The molecule has 2 aromatic heterocycles. The molecule has 1 saturated carbocycles. The van der Waals surface area contributed by atoms with E-state index in [0.717, 1.165) is 39.0 Å². The predicted molar refractivity (Wildman–Crippen MR) is 130 cm³/mol. The Bertz CT molecular complexity index is 1440. The second kappa shape index (κ2) is 8.32. The maximum absolute atomic E-state index is 13.6. The van der Waals surface area contributed by atoms with Crippen LogP contribution in [0.2, 0.25) is 0 Å². The Morgan fingerprint density at radius 2 is 2.03 bits per heavy atom. The maximum atomic E-state index is 13.6. The number of thiazole rings is 1. The number of allylic oxidation sites excluding steroid dienone is 1. The molecule has 0 aromatic carbocycles. The van der Waals surface area contributed by atoms with E-state index in [1.165, 1.54) is 28.1 Å². The van der Waals surface area contributed by atoms with Gasteiger partial charge in [0.05, 0.1) is 21.3 Å². The van der Waals surface area contributed by atoms with Crippen LogP contribution in [0.4, 0.5) is 4.79 Å². The maximum Gasteiger partial charge on any atom is 0.502 e. The minimum atomic E-state index is -3.74. The first-order chi connectivity index (χ1) is 16.5. The van der Waals surface area contributed by atoms with Crippen molar-refractivity contribution in [2.24, 2.45) is 7.05 Å². The van der Waals surface area contributed by atoms with Crippen molar-refractivity contribution in [3.05, 3.63) is 57.3 Å². The van der Waals surface area contributed by atoms with Gasteiger partial charge in [-0.1, -0.05) is 6.08 Å². The molecule has 1 atom stereocenters. The van der Waals surface area contributed by atoms with Crippen LogP contribution in [0.1, 0.15) is 41.0 Å². The fraction of sp³-hybridized carbons (Fsp3) is 0.435. The Kier molecular flexibility index (Phi) is 5.65. The number of carbonyl (C=O) groups excluding carboxylic acids is 2. The quantitative estimate of drug-likeness (QED) is 0.564. The van der Waals surface area contributed by atoms with E-state index in [1.807, 2.05) is 26.8 Å². The molecule has 5 rings (SSSR count). The molecule has 1 fully saturated rings. The molecule has 184 valence electrons. The van der Waals surface area contributed by atoms with Gasteiger partial charge >= 0.3 is 11.9 Å². The summed E-state index contributed by atoms with van der Waals surface area (Å²) in [6, 6.07) is 1.41. The van der Waals surface area contributed by atoms with Gasteiger partial charge in [-0.25, -0.2) is 22.9 Å². The summed E-state index contributed by atoms with van der Waals surface area (Å²) in [4.78, 5) is 33.2. The van der Waals surface area contributed by atoms with Crippen molar-refractivity contribution >= 4 is 39.0 Å². The number of hydrogen-bond acceptors (Lipinski definition) is 7. The van der Waals surface area contributed by atoms with E-state index in [1.54, 1.807) is 24.0 Å². The van der Waals surface area contributed by atoms with Crippen LogP contribution in [-0.4, -0.2) is 61.1 Å². The molecule has 3 amide bonds. The molecule has 2 aliphatic carbocycles. The number of nitrogens with one attached hydrogen (secondary N) is 1. The van der Waals surface area contributed by atoms with Crippen LogP contribution in [0.25, 0.3) is 0 Å². The third-order valence-electron chi connectivity index (χ3n) is 6.43. The molecule has 3 aliphatic rings. The summed E-state index contributed by atoms with van der Waals surface area (Å²) < 4.78 is 32.0. The molecule has 1 unspecified atom stereocenters. The van der Waals surface area contributed by atoms with Crippen LogP contribution in [0.3, 0.4) is 0 Å². The number of fused-ring (bicyclic) bond motifs is 1. The van der Waals surface area contributed by atoms with Crippen molar-refractivity contribution in [1.29, 1.82) is 0 Å². The fourth-order valence-corrected chi connectivity index (χ4v) is 6.68. The number of urea groups is 1. The van der Waals surface area contributed by atoms with Gasteiger partial charge in [0.25, 0.3) is 0 Å². The minimum Gasteiger partial charge on any atom is -0.268 e. The zero-order valence-corrected chi connectivity index (χ0v) is 21.6. The van der Waals surface area contributed by atoms with Gasteiger partial charge in [-0.3, -0.25) is 4.68 Å². The van der Waals surface area contributed by atoms with Gasteiger partial charge in [0.15, 0.2) is 0 Å². The lowest BCUT2D eigenvalue weighted by Crippen LogP contribution is -2.51. The highest BCUT2D eigenvalue weighted by Gasteiger charge is 2.48. The Labute approximate surface area is 207 Å². The van der Waals surface area contributed by atoms with E-state index >= 15 is 0 Å². The molecule has 1 aliphatic heterocycles. The molecule has 2 aromatic rings. The highest BCUT2D eigenvalue weighted by atomic mass is 32.2. The Hall–Kier alpha value is -2.96. The second-order valence-corrected chi connectivity index (χ2v) is 12.7. The fourth-order valence-electron chi connectivity index (χ4n) is 4.27. The van der Waals surface area contributed by atoms with Gasteiger partial charge in [0.1, 0.15) is 29.6 Å². The number of nitrogens with zero attached hydrogens (tertiary/aromatic N) is 5. The number of imide groups is 1. The number of aromatic nitrogens is 3. The Morgan fingerprint density at radius 3 is 2.63 bits per heavy atom. The lowest BCUT2D eigenvalue weighted by molar-refractivity contribution is -0.454. The number of rotatable bonds is 7. The molecule has 35 heavy (non-hydrogen) atoms. The monoisotopic (exact) mass is 515 g/mol. The van der Waals surface area contributed by atoms with Crippen LogP contribution in [0.15, 0.2) is 36.1 Å². The van der Waals surface area contributed by atoms with Crippen LogP contribution in [0, 0.1) is 13.8 Å². The number of amides is 3. The van der Waals surface area contributed by atoms with Crippen molar-refractivity contribution in [2.75, 3.05) is 0 Å². The lowest BCUT2D eigenvalue weighted by Gasteiger charge is -2.26. The van der Waals surface area contributed by atoms with E-state index in [2.05, 4.69) is 14.8 Å². The van der Waals surface area contributed by atoms with Gasteiger partial charge in [0, 0.05) is 18.8 Å². The van der Waals surface area contributed by atoms with Gasteiger partial charge in [0.2, 0.25) is 10.0 Å². The first kappa shape index (κ1) is 23.8. The van der Waals surface area contributed by atoms with Crippen LogP contribution in [-0.2, 0) is 35.0 Å². The molecular weight excluding hydrogens is 488 g/mol. The molecule has 12 heteroatoms. The highest BCUT2D eigenvalue weighted by molar-refractivity contribution is 7.90. The highest BCUT2D eigenvalue weighted by Crippen LogP contribution is 2.36. The zero-order valence-electron chi connectivity index (χ0n) is 20.0.